The number of furan rings is 1. The molecule has 9 nitrogen and oxygen atoms in total. The highest BCUT2D eigenvalue weighted by atomic mass is 35.5. The lowest BCUT2D eigenvalue weighted by molar-refractivity contribution is -0.125. The lowest BCUT2D eigenvalue weighted by Gasteiger charge is -2.09. The highest BCUT2D eigenvalue weighted by Crippen LogP contribution is 2.20. The molecule has 0 saturated heterocycles. The van der Waals surface area contributed by atoms with Gasteiger partial charge in [-0.1, -0.05) is 23.2 Å². The Bertz CT molecular complexity index is 855. The third-order valence-electron chi connectivity index (χ3n) is 3.09. The standard InChI is InChI=1S/C16H14Cl2N4O5/c17-9-3-4-10(11(18)6-9)15(25)20-7-13(23)19-8-14(24)21-22-16(26)12-2-1-5-27-12/h1-6H,7-8H2,(H,19,23)(H,20,25)(H,21,24)(H,22,26). The van der Waals surface area contributed by atoms with Crippen molar-refractivity contribution >= 4 is 46.8 Å². The Morgan fingerprint density at radius 3 is 2.30 bits per heavy atom. The van der Waals surface area contributed by atoms with Gasteiger partial charge in [-0.15, -0.1) is 0 Å². The summed E-state index contributed by atoms with van der Waals surface area (Å²) >= 11 is 11.6. The predicted octanol–water partition coefficient (Wildman–Crippen LogP) is 0.894. The summed E-state index contributed by atoms with van der Waals surface area (Å²) in [7, 11) is 0. The number of rotatable bonds is 6. The SMILES string of the molecule is O=C(CNC(=O)c1ccc(Cl)cc1Cl)NCC(=O)NNC(=O)c1ccco1. The van der Waals surface area contributed by atoms with E-state index in [1.54, 1.807) is 0 Å². The number of hydrogen-bond donors (Lipinski definition) is 4. The van der Waals surface area contributed by atoms with Gasteiger partial charge in [-0.25, -0.2) is 0 Å². The summed E-state index contributed by atoms with van der Waals surface area (Å²) in [6.45, 7) is -0.779. The Morgan fingerprint density at radius 2 is 1.63 bits per heavy atom. The van der Waals surface area contributed by atoms with Gasteiger partial charge in [-0.3, -0.25) is 30.0 Å². The summed E-state index contributed by atoms with van der Waals surface area (Å²) in [6.07, 6.45) is 1.31. The Kier molecular flexibility index (Phi) is 7.21. The van der Waals surface area contributed by atoms with Crippen LogP contribution >= 0.6 is 23.2 Å². The summed E-state index contributed by atoms with van der Waals surface area (Å²) in [5.74, 6) is -2.48. The number of halogens is 2. The summed E-state index contributed by atoms with van der Waals surface area (Å²) < 4.78 is 4.84. The molecule has 2 rings (SSSR count). The van der Waals surface area contributed by atoms with Crippen molar-refractivity contribution < 1.29 is 23.6 Å². The van der Waals surface area contributed by atoms with E-state index < -0.39 is 30.2 Å². The monoisotopic (exact) mass is 412 g/mol. The van der Waals surface area contributed by atoms with Gasteiger partial charge < -0.3 is 15.1 Å². The lowest BCUT2D eigenvalue weighted by Crippen LogP contribution is -2.47. The summed E-state index contributed by atoms with van der Waals surface area (Å²) in [5.41, 5.74) is 4.37. The molecule has 27 heavy (non-hydrogen) atoms. The molecule has 0 unspecified atom stereocenters. The fraction of sp³-hybridized carbons (Fsp3) is 0.125. The number of benzene rings is 1. The molecule has 1 aromatic carbocycles. The van der Waals surface area contributed by atoms with Crippen molar-refractivity contribution in [3.8, 4) is 0 Å². The molecule has 2 aromatic rings. The zero-order valence-electron chi connectivity index (χ0n) is 13.7. The Morgan fingerprint density at radius 1 is 0.889 bits per heavy atom. The molecule has 0 atom stereocenters. The molecule has 0 aliphatic rings. The van der Waals surface area contributed by atoms with Crippen molar-refractivity contribution in [3.63, 3.8) is 0 Å². The molecule has 1 heterocycles. The number of nitrogens with one attached hydrogen (secondary N) is 4. The first-order chi connectivity index (χ1) is 12.9. The number of carbonyl (C=O) groups is 4. The van der Waals surface area contributed by atoms with E-state index in [1.165, 1.54) is 36.6 Å². The Balaban J connectivity index is 1.68. The molecule has 1 aromatic heterocycles. The van der Waals surface area contributed by atoms with E-state index in [4.69, 9.17) is 27.6 Å². The van der Waals surface area contributed by atoms with Crippen molar-refractivity contribution in [1.82, 2.24) is 21.5 Å². The third kappa shape index (κ3) is 6.32. The van der Waals surface area contributed by atoms with Crippen LogP contribution in [0, 0.1) is 0 Å². The molecule has 4 N–H and O–H groups in total. The maximum Gasteiger partial charge on any atom is 0.305 e. The van der Waals surface area contributed by atoms with Crippen LogP contribution in [0.15, 0.2) is 41.0 Å². The van der Waals surface area contributed by atoms with Crippen LogP contribution in [0.5, 0.6) is 0 Å². The average Bonchev–Trinajstić information content (AvgIpc) is 3.17. The van der Waals surface area contributed by atoms with Crippen LogP contribution in [0.3, 0.4) is 0 Å². The topological polar surface area (TPSA) is 130 Å². The first-order valence-corrected chi connectivity index (χ1v) is 8.25. The highest BCUT2D eigenvalue weighted by molar-refractivity contribution is 6.36. The maximum absolute atomic E-state index is 12.0. The van der Waals surface area contributed by atoms with Gasteiger partial charge in [-0.2, -0.15) is 0 Å². The molecule has 4 amide bonds. The Hall–Kier alpha value is -3.04. The van der Waals surface area contributed by atoms with E-state index >= 15 is 0 Å². The number of hydrazine groups is 1. The molecule has 0 bridgehead atoms. The molecule has 11 heteroatoms. The van der Waals surface area contributed by atoms with Gasteiger partial charge in [0.15, 0.2) is 5.76 Å². The normalized spacial score (nSPS) is 10.0. The van der Waals surface area contributed by atoms with E-state index in [-0.39, 0.29) is 22.9 Å². The number of carbonyl (C=O) groups excluding carboxylic acids is 4. The quantitative estimate of drug-likeness (QED) is 0.523. The van der Waals surface area contributed by atoms with Crippen LogP contribution < -0.4 is 21.5 Å². The second kappa shape index (κ2) is 9.60. The molecular formula is C16H14Cl2N4O5. The summed E-state index contributed by atoms with van der Waals surface area (Å²) in [4.78, 5) is 46.7. The highest BCUT2D eigenvalue weighted by Gasteiger charge is 2.13. The summed E-state index contributed by atoms with van der Waals surface area (Å²) in [5, 5.41) is 5.16. The third-order valence-corrected chi connectivity index (χ3v) is 3.64. The molecule has 0 fully saturated rings. The smallest absolute Gasteiger partial charge is 0.305 e. The molecular weight excluding hydrogens is 399 g/mol. The van der Waals surface area contributed by atoms with Crippen LogP contribution in [0.4, 0.5) is 0 Å². The molecule has 0 spiro atoms. The first-order valence-electron chi connectivity index (χ1n) is 7.49. The van der Waals surface area contributed by atoms with E-state index in [0.29, 0.717) is 5.02 Å². The van der Waals surface area contributed by atoms with E-state index in [2.05, 4.69) is 21.5 Å². The molecule has 0 aliphatic carbocycles. The van der Waals surface area contributed by atoms with Gasteiger partial charge in [-0.05, 0) is 30.3 Å². The van der Waals surface area contributed by atoms with E-state index in [1.807, 2.05) is 0 Å². The van der Waals surface area contributed by atoms with Crippen LogP contribution in [-0.4, -0.2) is 36.7 Å². The van der Waals surface area contributed by atoms with Crippen molar-refractivity contribution in [3.05, 3.63) is 58.0 Å². The predicted molar refractivity (Wildman–Crippen MR) is 96.1 cm³/mol. The van der Waals surface area contributed by atoms with Gasteiger partial charge in [0.2, 0.25) is 5.91 Å². The first kappa shape index (κ1) is 20.3. The minimum absolute atomic E-state index is 0.0166. The fourth-order valence-electron chi connectivity index (χ4n) is 1.81. The molecule has 0 aliphatic heterocycles. The zero-order chi connectivity index (χ0) is 19.8. The molecule has 142 valence electrons. The summed E-state index contributed by atoms with van der Waals surface area (Å²) in [6, 6.07) is 7.25. The molecule has 0 saturated carbocycles. The van der Waals surface area contributed by atoms with Crippen LogP contribution in [0.25, 0.3) is 0 Å². The number of amides is 4. The van der Waals surface area contributed by atoms with Crippen LogP contribution in [0.2, 0.25) is 10.0 Å². The van der Waals surface area contributed by atoms with Crippen LogP contribution in [-0.2, 0) is 9.59 Å². The van der Waals surface area contributed by atoms with Gasteiger partial charge in [0.05, 0.1) is 29.9 Å². The van der Waals surface area contributed by atoms with Crippen molar-refractivity contribution in [1.29, 1.82) is 0 Å². The average molecular weight is 413 g/mol. The Labute approximate surface area is 163 Å². The second-order valence-electron chi connectivity index (χ2n) is 5.06. The van der Waals surface area contributed by atoms with Crippen molar-refractivity contribution in [2.45, 2.75) is 0 Å². The fourth-order valence-corrected chi connectivity index (χ4v) is 2.31. The van der Waals surface area contributed by atoms with Crippen molar-refractivity contribution in [2.24, 2.45) is 0 Å². The minimum atomic E-state index is -0.671. The minimum Gasteiger partial charge on any atom is -0.459 e. The van der Waals surface area contributed by atoms with Gasteiger partial charge in [0, 0.05) is 5.02 Å². The van der Waals surface area contributed by atoms with Gasteiger partial charge in [0.25, 0.3) is 11.8 Å². The van der Waals surface area contributed by atoms with Crippen molar-refractivity contribution in [2.75, 3.05) is 13.1 Å². The second-order valence-corrected chi connectivity index (χ2v) is 5.91. The van der Waals surface area contributed by atoms with Gasteiger partial charge >= 0.3 is 5.91 Å². The molecule has 0 radical (unpaired) electrons. The van der Waals surface area contributed by atoms with Gasteiger partial charge in [0.1, 0.15) is 0 Å². The van der Waals surface area contributed by atoms with E-state index in [9.17, 15) is 19.2 Å². The largest absolute Gasteiger partial charge is 0.459 e. The van der Waals surface area contributed by atoms with E-state index in [0.717, 1.165) is 0 Å². The lowest BCUT2D eigenvalue weighted by atomic mass is 10.2. The number of hydrogen-bond acceptors (Lipinski definition) is 5. The zero-order valence-corrected chi connectivity index (χ0v) is 15.2. The maximum atomic E-state index is 12.0. The van der Waals surface area contributed by atoms with Crippen LogP contribution in [0.1, 0.15) is 20.9 Å².